The van der Waals surface area contributed by atoms with Crippen LogP contribution in [0.1, 0.15) is 6.92 Å². The molecule has 1 heterocycles. The van der Waals surface area contributed by atoms with Crippen molar-refractivity contribution < 1.29 is 0 Å². The number of nitrogens with zero attached hydrogens (tertiary/aromatic N) is 2. The van der Waals surface area contributed by atoms with Crippen LogP contribution < -0.4 is 10.5 Å². The zero-order chi connectivity index (χ0) is 10.6. The van der Waals surface area contributed by atoms with Crippen LogP contribution in [0.5, 0.6) is 0 Å². The number of aromatic amines is 1. The van der Waals surface area contributed by atoms with Gasteiger partial charge in [-0.3, -0.25) is 4.79 Å². The van der Waals surface area contributed by atoms with E-state index in [-0.39, 0.29) is 5.56 Å². The number of hydrogen-bond acceptors (Lipinski definition) is 3. The van der Waals surface area contributed by atoms with Crippen LogP contribution in [0.25, 0.3) is 0 Å². The molecule has 0 saturated carbocycles. The first-order valence-electron chi connectivity index (χ1n) is 4.29. The third kappa shape index (κ3) is 2.34. The molecule has 76 valence electrons. The van der Waals surface area contributed by atoms with E-state index in [1.54, 1.807) is 6.08 Å². The number of halogens is 1. The van der Waals surface area contributed by atoms with Crippen LogP contribution in [-0.4, -0.2) is 23.1 Å². The standard InChI is InChI=1S/C9H12IN3O/c1-3-5-13(4-2)8-7(10)9(14)12-6-11-8/h3,6H,1,4-5H2,2H3,(H,11,12,14). The first kappa shape index (κ1) is 11.2. The largest absolute Gasteiger partial charge is 0.352 e. The summed E-state index contributed by atoms with van der Waals surface area (Å²) in [7, 11) is 0. The predicted molar refractivity (Wildman–Crippen MR) is 65.7 cm³/mol. The van der Waals surface area contributed by atoms with Crippen molar-refractivity contribution in [1.29, 1.82) is 0 Å². The van der Waals surface area contributed by atoms with Crippen LogP contribution in [0.4, 0.5) is 5.82 Å². The molecule has 0 atom stereocenters. The van der Waals surface area contributed by atoms with E-state index in [1.165, 1.54) is 6.33 Å². The molecule has 1 rings (SSSR count). The van der Waals surface area contributed by atoms with E-state index in [2.05, 4.69) is 16.5 Å². The molecule has 0 fully saturated rings. The highest BCUT2D eigenvalue weighted by Crippen LogP contribution is 2.14. The Morgan fingerprint density at radius 2 is 2.50 bits per heavy atom. The van der Waals surface area contributed by atoms with Crippen molar-refractivity contribution in [2.45, 2.75) is 6.92 Å². The maximum absolute atomic E-state index is 11.3. The average Bonchev–Trinajstić information content (AvgIpc) is 2.19. The molecule has 0 amide bonds. The van der Waals surface area contributed by atoms with Crippen molar-refractivity contribution >= 4 is 28.4 Å². The van der Waals surface area contributed by atoms with Gasteiger partial charge in [-0.25, -0.2) is 4.98 Å². The van der Waals surface area contributed by atoms with Gasteiger partial charge in [-0.1, -0.05) is 6.08 Å². The maximum Gasteiger partial charge on any atom is 0.266 e. The van der Waals surface area contributed by atoms with Crippen LogP contribution in [0.2, 0.25) is 0 Å². The van der Waals surface area contributed by atoms with Crippen LogP contribution in [-0.2, 0) is 0 Å². The lowest BCUT2D eigenvalue weighted by Gasteiger charge is -2.20. The van der Waals surface area contributed by atoms with Gasteiger partial charge in [0.15, 0.2) is 0 Å². The Kier molecular flexibility index (Phi) is 4.12. The molecular weight excluding hydrogens is 293 g/mol. The second-order valence-electron chi connectivity index (χ2n) is 2.70. The van der Waals surface area contributed by atoms with Gasteiger partial charge >= 0.3 is 0 Å². The molecule has 14 heavy (non-hydrogen) atoms. The fourth-order valence-corrected chi connectivity index (χ4v) is 1.75. The highest BCUT2D eigenvalue weighted by molar-refractivity contribution is 14.1. The lowest BCUT2D eigenvalue weighted by atomic mass is 10.4. The Bertz CT molecular complexity index is 375. The summed E-state index contributed by atoms with van der Waals surface area (Å²) in [4.78, 5) is 20.0. The molecule has 4 nitrogen and oxygen atoms in total. The number of aromatic nitrogens is 2. The number of H-pyrrole nitrogens is 1. The summed E-state index contributed by atoms with van der Waals surface area (Å²) < 4.78 is 0.619. The van der Waals surface area contributed by atoms with Crippen molar-refractivity contribution in [3.63, 3.8) is 0 Å². The fraction of sp³-hybridized carbons (Fsp3) is 0.333. The van der Waals surface area contributed by atoms with E-state index >= 15 is 0 Å². The van der Waals surface area contributed by atoms with E-state index in [9.17, 15) is 4.79 Å². The van der Waals surface area contributed by atoms with E-state index < -0.39 is 0 Å². The topological polar surface area (TPSA) is 49.0 Å². The molecule has 0 aromatic carbocycles. The van der Waals surface area contributed by atoms with Gasteiger partial charge in [0.1, 0.15) is 9.39 Å². The first-order chi connectivity index (χ1) is 6.70. The Balaban J connectivity index is 3.09. The molecule has 0 unspecified atom stereocenters. The molecule has 0 radical (unpaired) electrons. The number of likely N-dealkylation sites (N-methyl/N-ethyl adjacent to an activating group) is 1. The summed E-state index contributed by atoms with van der Waals surface area (Å²) in [5, 5.41) is 0. The van der Waals surface area contributed by atoms with E-state index in [4.69, 9.17) is 0 Å². The molecule has 0 spiro atoms. The van der Waals surface area contributed by atoms with E-state index in [0.717, 1.165) is 12.4 Å². The van der Waals surface area contributed by atoms with Gasteiger partial charge in [0.2, 0.25) is 0 Å². The predicted octanol–water partition coefficient (Wildman–Crippen LogP) is 1.39. The minimum absolute atomic E-state index is 0.0990. The van der Waals surface area contributed by atoms with Crippen molar-refractivity contribution in [3.8, 4) is 0 Å². The highest BCUT2D eigenvalue weighted by atomic mass is 127. The molecule has 1 N–H and O–H groups in total. The van der Waals surface area contributed by atoms with Crippen LogP contribution in [0.15, 0.2) is 23.8 Å². The van der Waals surface area contributed by atoms with Crippen LogP contribution in [0.3, 0.4) is 0 Å². The van der Waals surface area contributed by atoms with Gasteiger partial charge in [0, 0.05) is 13.1 Å². The molecule has 1 aromatic rings. The fourth-order valence-electron chi connectivity index (χ4n) is 1.12. The number of rotatable bonds is 4. The monoisotopic (exact) mass is 305 g/mol. The van der Waals surface area contributed by atoms with Gasteiger partial charge in [-0.15, -0.1) is 6.58 Å². The molecule has 0 bridgehead atoms. The van der Waals surface area contributed by atoms with Gasteiger partial charge in [-0.2, -0.15) is 0 Å². The normalized spacial score (nSPS) is 9.86. The summed E-state index contributed by atoms with van der Waals surface area (Å²) in [6.45, 7) is 7.19. The van der Waals surface area contributed by atoms with Crippen molar-refractivity contribution in [2.75, 3.05) is 18.0 Å². The summed E-state index contributed by atoms with van der Waals surface area (Å²) in [5.41, 5.74) is -0.0990. The van der Waals surface area contributed by atoms with Crippen molar-refractivity contribution in [3.05, 3.63) is 32.9 Å². The smallest absolute Gasteiger partial charge is 0.266 e. The van der Waals surface area contributed by atoms with Crippen LogP contribution >= 0.6 is 22.6 Å². The number of anilines is 1. The third-order valence-corrected chi connectivity index (χ3v) is 2.78. The van der Waals surface area contributed by atoms with Crippen LogP contribution in [0, 0.1) is 3.57 Å². The molecule has 0 aliphatic carbocycles. The zero-order valence-corrected chi connectivity index (χ0v) is 10.1. The Hall–Kier alpha value is -0.850. The van der Waals surface area contributed by atoms with Gasteiger partial charge in [0.05, 0.1) is 6.33 Å². The molecule has 5 heteroatoms. The number of nitrogens with one attached hydrogen (secondary N) is 1. The second kappa shape index (κ2) is 5.14. The third-order valence-electron chi connectivity index (χ3n) is 1.81. The lowest BCUT2D eigenvalue weighted by molar-refractivity contribution is 0.866. The summed E-state index contributed by atoms with van der Waals surface area (Å²) in [6, 6.07) is 0. The van der Waals surface area contributed by atoms with Gasteiger partial charge < -0.3 is 9.88 Å². The lowest BCUT2D eigenvalue weighted by Crippen LogP contribution is -2.27. The first-order valence-corrected chi connectivity index (χ1v) is 5.37. The summed E-state index contributed by atoms with van der Waals surface area (Å²) in [5.74, 6) is 0.719. The Labute approximate surface area is 96.2 Å². The summed E-state index contributed by atoms with van der Waals surface area (Å²) >= 11 is 2.00. The molecule has 0 aliphatic rings. The van der Waals surface area contributed by atoms with Gasteiger partial charge in [-0.05, 0) is 29.5 Å². The Morgan fingerprint density at radius 1 is 1.79 bits per heavy atom. The molecule has 0 aliphatic heterocycles. The molecular formula is C9H12IN3O. The summed E-state index contributed by atoms with van der Waals surface area (Å²) in [6.07, 6.45) is 3.22. The minimum Gasteiger partial charge on any atom is -0.352 e. The van der Waals surface area contributed by atoms with Crippen molar-refractivity contribution in [1.82, 2.24) is 9.97 Å². The maximum atomic E-state index is 11.3. The zero-order valence-electron chi connectivity index (χ0n) is 7.96. The SMILES string of the molecule is C=CCN(CC)c1nc[nH]c(=O)c1I. The quantitative estimate of drug-likeness (QED) is 0.675. The minimum atomic E-state index is -0.0990. The van der Waals surface area contributed by atoms with Gasteiger partial charge in [0.25, 0.3) is 5.56 Å². The van der Waals surface area contributed by atoms with Crippen molar-refractivity contribution in [2.24, 2.45) is 0 Å². The van der Waals surface area contributed by atoms with E-state index in [0.29, 0.717) is 10.1 Å². The Morgan fingerprint density at radius 3 is 3.07 bits per heavy atom. The second-order valence-corrected chi connectivity index (χ2v) is 3.78. The molecule has 1 aromatic heterocycles. The number of hydrogen-bond donors (Lipinski definition) is 1. The molecule has 0 saturated heterocycles. The average molecular weight is 305 g/mol. The van der Waals surface area contributed by atoms with E-state index in [1.807, 2.05) is 34.4 Å². The highest BCUT2D eigenvalue weighted by Gasteiger charge is 2.10.